The third kappa shape index (κ3) is 5.67. The van der Waals surface area contributed by atoms with Gasteiger partial charge in [0.1, 0.15) is 11.5 Å². The summed E-state index contributed by atoms with van der Waals surface area (Å²) >= 11 is 6.09. The van der Waals surface area contributed by atoms with Crippen molar-refractivity contribution in [2.75, 3.05) is 6.61 Å². The minimum atomic E-state index is -0.764. The fourth-order valence-electron chi connectivity index (χ4n) is 2.16. The number of benzene rings is 2. The van der Waals surface area contributed by atoms with Gasteiger partial charge in [0, 0.05) is 5.02 Å². The summed E-state index contributed by atoms with van der Waals surface area (Å²) in [5.74, 6) is 0.140. The summed E-state index contributed by atoms with van der Waals surface area (Å²) in [6.45, 7) is 5.06. The molecule has 0 saturated heterocycles. The van der Waals surface area contributed by atoms with Crippen molar-refractivity contribution in [2.24, 2.45) is 0 Å². The van der Waals surface area contributed by atoms with Crippen LogP contribution in [0.5, 0.6) is 11.5 Å². The Morgan fingerprint density at radius 2 is 1.65 bits per heavy atom. The molecule has 2 N–H and O–H groups in total. The molecule has 0 radical (unpaired) electrons. The monoisotopic (exact) mass is 376 g/mol. The largest absolute Gasteiger partial charge is 0.484 e. The second-order valence-corrected chi connectivity index (χ2v) is 6.15. The number of para-hydroxylation sites is 1. The van der Waals surface area contributed by atoms with Crippen LogP contribution in [0.2, 0.25) is 5.02 Å². The van der Waals surface area contributed by atoms with Crippen LogP contribution in [0, 0.1) is 13.8 Å². The number of halogens is 1. The quantitative estimate of drug-likeness (QED) is 0.760. The highest BCUT2D eigenvalue weighted by Crippen LogP contribution is 2.25. The molecule has 7 heteroatoms. The molecule has 2 amide bonds. The topological polar surface area (TPSA) is 76.7 Å². The van der Waals surface area contributed by atoms with Gasteiger partial charge >= 0.3 is 0 Å². The van der Waals surface area contributed by atoms with E-state index in [-0.39, 0.29) is 6.61 Å². The van der Waals surface area contributed by atoms with Crippen molar-refractivity contribution >= 4 is 23.4 Å². The zero-order valence-electron chi connectivity index (χ0n) is 14.8. The van der Waals surface area contributed by atoms with Gasteiger partial charge in [0.2, 0.25) is 0 Å². The lowest BCUT2D eigenvalue weighted by Gasteiger charge is -2.15. The highest BCUT2D eigenvalue weighted by atomic mass is 35.5. The highest BCUT2D eigenvalue weighted by Gasteiger charge is 2.15. The van der Waals surface area contributed by atoms with Gasteiger partial charge in [-0.3, -0.25) is 20.4 Å². The Morgan fingerprint density at radius 1 is 1.04 bits per heavy atom. The summed E-state index contributed by atoms with van der Waals surface area (Å²) < 4.78 is 10.9. The molecule has 0 fully saturated rings. The lowest BCUT2D eigenvalue weighted by Crippen LogP contribution is -2.48. The number of hydrazine groups is 1. The molecule has 0 bridgehead atoms. The Kier molecular flexibility index (Phi) is 6.86. The van der Waals surface area contributed by atoms with E-state index >= 15 is 0 Å². The first-order chi connectivity index (χ1) is 12.4. The molecule has 1 atom stereocenters. The molecule has 0 spiro atoms. The smallest absolute Gasteiger partial charge is 0.279 e. The average Bonchev–Trinajstić information content (AvgIpc) is 2.63. The molecular weight excluding hydrogens is 356 g/mol. The molecule has 0 saturated carbocycles. The normalized spacial score (nSPS) is 11.4. The van der Waals surface area contributed by atoms with Crippen molar-refractivity contribution in [3.05, 3.63) is 58.6 Å². The van der Waals surface area contributed by atoms with Crippen molar-refractivity contribution in [1.82, 2.24) is 10.9 Å². The van der Waals surface area contributed by atoms with Gasteiger partial charge in [0.15, 0.2) is 12.7 Å². The van der Waals surface area contributed by atoms with Crippen LogP contribution in [0.1, 0.15) is 18.1 Å². The Hall–Kier alpha value is -2.73. The fourth-order valence-corrected chi connectivity index (χ4v) is 2.27. The van der Waals surface area contributed by atoms with Gasteiger partial charge in [-0.25, -0.2) is 0 Å². The number of hydrogen-bond acceptors (Lipinski definition) is 4. The second-order valence-electron chi connectivity index (χ2n) is 5.77. The van der Waals surface area contributed by atoms with E-state index in [1.54, 1.807) is 43.3 Å². The Bertz CT molecular complexity index is 757. The number of aryl methyl sites for hydroxylation is 2. The van der Waals surface area contributed by atoms with Crippen LogP contribution < -0.4 is 20.3 Å². The van der Waals surface area contributed by atoms with E-state index in [1.807, 2.05) is 19.9 Å². The summed E-state index contributed by atoms with van der Waals surface area (Å²) in [7, 11) is 0. The first-order valence-corrected chi connectivity index (χ1v) is 8.44. The summed E-state index contributed by atoms with van der Waals surface area (Å²) in [6.07, 6.45) is -0.764. The average molecular weight is 377 g/mol. The number of nitrogens with one attached hydrogen (secondary N) is 2. The van der Waals surface area contributed by atoms with Crippen LogP contribution in [-0.2, 0) is 9.59 Å². The lowest BCUT2D eigenvalue weighted by molar-refractivity contribution is -0.133. The molecule has 0 aliphatic heterocycles. The van der Waals surface area contributed by atoms with E-state index < -0.39 is 17.9 Å². The molecule has 0 unspecified atom stereocenters. The molecule has 0 aromatic heterocycles. The number of hydrogen-bond donors (Lipinski definition) is 2. The molecule has 0 heterocycles. The zero-order valence-corrected chi connectivity index (χ0v) is 15.6. The van der Waals surface area contributed by atoms with Gasteiger partial charge in [-0.15, -0.1) is 0 Å². The van der Waals surface area contributed by atoms with Gasteiger partial charge in [-0.2, -0.15) is 0 Å². The SMILES string of the molecule is Cc1cc(OCC(=O)NNC(=O)[C@@H](C)Oc2ccccc2)cc(C)c1Cl. The standard InChI is InChI=1S/C19H21ClN2O4/c1-12-9-16(10-13(2)18(12)20)25-11-17(23)21-22-19(24)14(3)26-15-7-5-4-6-8-15/h4-10,14H,11H2,1-3H3,(H,21,23)(H,22,24)/t14-/m1/s1. The summed E-state index contributed by atoms with van der Waals surface area (Å²) in [4.78, 5) is 23.8. The van der Waals surface area contributed by atoms with Crippen LogP contribution in [-0.4, -0.2) is 24.5 Å². The minimum Gasteiger partial charge on any atom is -0.484 e. The first-order valence-electron chi connectivity index (χ1n) is 8.06. The molecular formula is C19H21ClN2O4. The van der Waals surface area contributed by atoms with E-state index in [9.17, 15) is 9.59 Å². The van der Waals surface area contributed by atoms with Crippen molar-refractivity contribution < 1.29 is 19.1 Å². The molecule has 0 aliphatic rings. The molecule has 2 aromatic carbocycles. The molecule has 26 heavy (non-hydrogen) atoms. The number of carbonyl (C=O) groups is 2. The Labute approximate surface area is 157 Å². The van der Waals surface area contributed by atoms with Crippen molar-refractivity contribution in [3.63, 3.8) is 0 Å². The summed E-state index contributed by atoms with van der Waals surface area (Å²) in [5.41, 5.74) is 6.32. The minimum absolute atomic E-state index is 0.241. The van der Waals surface area contributed by atoms with E-state index in [0.29, 0.717) is 16.5 Å². The lowest BCUT2D eigenvalue weighted by atomic mass is 10.1. The first kappa shape index (κ1) is 19.6. The molecule has 2 rings (SSSR count). The number of carbonyl (C=O) groups excluding carboxylic acids is 2. The fraction of sp³-hybridized carbons (Fsp3) is 0.263. The van der Waals surface area contributed by atoms with Crippen LogP contribution in [0.25, 0.3) is 0 Å². The second kappa shape index (κ2) is 9.10. The molecule has 6 nitrogen and oxygen atoms in total. The van der Waals surface area contributed by atoms with Gasteiger partial charge in [0.25, 0.3) is 11.8 Å². The van der Waals surface area contributed by atoms with E-state index in [0.717, 1.165) is 11.1 Å². The molecule has 0 aliphatic carbocycles. The predicted octanol–water partition coefficient (Wildman–Crippen LogP) is 2.95. The number of rotatable bonds is 6. The maximum atomic E-state index is 11.9. The van der Waals surface area contributed by atoms with E-state index in [2.05, 4.69) is 10.9 Å². The van der Waals surface area contributed by atoms with E-state index in [1.165, 1.54) is 0 Å². The van der Waals surface area contributed by atoms with Crippen molar-refractivity contribution in [1.29, 1.82) is 0 Å². The maximum Gasteiger partial charge on any atom is 0.279 e. The Morgan fingerprint density at radius 3 is 2.27 bits per heavy atom. The Balaban J connectivity index is 1.76. The van der Waals surface area contributed by atoms with Gasteiger partial charge in [-0.1, -0.05) is 29.8 Å². The van der Waals surface area contributed by atoms with Crippen molar-refractivity contribution in [3.8, 4) is 11.5 Å². The summed E-state index contributed by atoms with van der Waals surface area (Å²) in [6, 6.07) is 12.4. The molecule has 138 valence electrons. The van der Waals surface area contributed by atoms with Crippen LogP contribution in [0.15, 0.2) is 42.5 Å². The third-order valence-corrected chi connectivity index (χ3v) is 4.13. The number of amides is 2. The third-order valence-electron chi connectivity index (χ3n) is 3.53. The zero-order chi connectivity index (χ0) is 19.1. The van der Waals surface area contributed by atoms with Crippen LogP contribution in [0.3, 0.4) is 0 Å². The maximum absolute atomic E-state index is 11.9. The highest BCUT2D eigenvalue weighted by molar-refractivity contribution is 6.32. The number of ether oxygens (including phenoxy) is 2. The van der Waals surface area contributed by atoms with Crippen LogP contribution in [0.4, 0.5) is 0 Å². The predicted molar refractivity (Wildman–Crippen MR) is 99.2 cm³/mol. The van der Waals surface area contributed by atoms with Gasteiger partial charge in [-0.05, 0) is 56.2 Å². The van der Waals surface area contributed by atoms with Gasteiger partial charge in [0.05, 0.1) is 0 Å². The molecule has 2 aromatic rings. The van der Waals surface area contributed by atoms with Gasteiger partial charge < -0.3 is 9.47 Å². The summed E-state index contributed by atoms with van der Waals surface area (Å²) in [5, 5.41) is 0.668. The van der Waals surface area contributed by atoms with E-state index in [4.69, 9.17) is 21.1 Å². The van der Waals surface area contributed by atoms with Crippen LogP contribution >= 0.6 is 11.6 Å². The van der Waals surface area contributed by atoms with Crippen molar-refractivity contribution in [2.45, 2.75) is 26.9 Å².